The summed E-state index contributed by atoms with van der Waals surface area (Å²) in [7, 11) is 0. The zero-order valence-electron chi connectivity index (χ0n) is 6.25. The first-order valence-corrected chi connectivity index (χ1v) is 3.83. The number of rotatable bonds is 2. The quantitative estimate of drug-likeness (QED) is 0.456. The lowest BCUT2D eigenvalue weighted by Crippen LogP contribution is -2.18. The standard InChI is InChI=1S/C7H11O4/c8-7(9)11-10-6-4-2-1-3-5-6/h6H,1-5H2. The highest BCUT2D eigenvalue weighted by molar-refractivity contribution is 5.55. The van der Waals surface area contributed by atoms with Crippen molar-refractivity contribution in [3.05, 3.63) is 0 Å². The van der Waals surface area contributed by atoms with Gasteiger partial charge in [-0.05, 0) is 12.8 Å². The summed E-state index contributed by atoms with van der Waals surface area (Å²) in [5.74, 6) is 0. The lowest BCUT2D eigenvalue weighted by Gasteiger charge is -2.18. The molecule has 0 bridgehead atoms. The van der Waals surface area contributed by atoms with Crippen LogP contribution in [0.2, 0.25) is 0 Å². The molecule has 11 heavy (non-hydrogen) atoms. The predicted molar refractivity (Wildman–Crippen MR) is 35.1 cm³/mol. The van der Waals surface area contributed by atoms with Crippen molar-refractivity contribution >= 4 is 6.16 Å². The molecule has 0 spiro atoms. The van der Waals surface area contributed by atoms with E-state index in [1.165, 1.54) is 6.42 Å². The number of hydrogen-bond donors (Lipinski definition) is 0. The maximum Gasteiger partial charge on any atom is 0.582 e. The zero-order chi connectivity index (χ0) is 8.10. The average molecular weight is 159 g/mol. The molecule has 1 saturated carbocycles. The highest BCUT2D eigenvalue weighted by atomic mass is 17.2. The van der Waals surface area contributed by atoms with Crippen LogP contribution >= 0.6 is 0 Å². The van der Waals surface area contributed by atoms with Gasteiger partial charge in [-0.15, -0.1) is 0 Å². The summed E-state index contributed by atoms with van der Waals surface area (Å²) in [6.45, 7) is 0. The molecular formula is C7H11O4. The minimum atomic E-state index is -1.62. The van der Waals surface area contributed by atoms with Crippen LogP contribution in [-0.2, 0) is 14.9 Å². The maximum absolute atomic E-state index is 9.78. The molecular weight excluding hydrogens is 148 g/mol. The minimum Gasteiger partial charge on any atom is -0.256 e. The van der Waals surface area contributed by atoms with Gasteiger partial charge >= 0.3 is 6.16 Å². The molecule has 0 saturated heterocycles. The highest BCUT2D eigenvalue weighted by Crippen LogP contribution is 2.20. The molecule has 4 nitrogen and oxygen atoms in total. The Bertz CT molecular complexity index is 128. The van der Waals surface area contributed by atoms with Gasteiger partial charge in [0, 0.05) is 0 Å². The van der Waals surface area contributed by atoms with Gasteiger partial charge in [0.25, 0.3) is 0 Å². The van der Waals surface area contributed by atoms with E-state index in [-0.39, 0.29) is 6.10 Å². The van der Waals surface area contributed by atoms with Crippen molar-refractivity contribution in [3.8, 4) is 0 Å². The van der Waals surface area contributed by atoms with Crippen molar-refractivity contribution in [1.29, 1.82) is 0 Å². The third-order valence-electron chi connectivity index (χ3n) is 1.80. The third kappa shape index (κ3) is 3.23. The lowest BCUT2D eigenvalue weighted by atomic mass is 9.98. The highest BCUT2D eigenvalue weighted by Gasteiger charge is 2.16. The maximum atomic E-state index is 9.78. The zero-order valence-corrected chi connectivity index (χ0v) is 6.25. The van der Waals surface area contributed by atoms with Gasteiger partial charge in [0.15, 0.2) is 0 Å². The minimum absolute atomic E-state index is 0.0540. The Morgan fingerprint density at radius 2 is 1.82 bits per heavy atom. The molecule has 1 rings (SSSR count). The summed E-state index contributed by atoms with van der Waals surface area (Å²) in [5.41, 5.74) is 0. The monoisotopic (exact) mass is 159 g/mol. The SMILES string of the molecule is [O]C(=O)OOC1CCCCC1. The van der Waals surface area contributed by atoms with Gasteiger partial charge in [0.05, 0.1) is 0 Å². The van der Waals surface area contributed by atoms with E-state index in [1.54, 1.807) is 0 Å². The van der Waals surface area contributed by atoms with Crippen molar-refractivity contribution < 1.29 is 19.7 Å². The fraction of sp³-hybridized carbons (Fsp3) is 0.857. The normalized spacial score (nSPS) is 19.6. The van der Waals surface area contributed by atoms with Crippen molar-refractivity contribution in [1.82, 2.24) is 0 Å². The molecule has 0 aromatic heterocycles. The first kappa shape index (κ1) is 8.33. The molecule has 1 fully saturated rings. The largest absolute Gasteiger partial charge is 0.582 e. The lowest BCUT2D eigenvalue weighted by molar-refractivity contribution is -0.291. The topological polar surface area (TPSA) is 55.4 Å². The fourth-order valence-electron chi connectivity index (χ4n) is 1.27. The smallest absolute Gasteiger partial charge is 0.256 e. The van der Waals surface area contributed by atoms with E-state index in [0.29, 0.717) is 0 Å². The number of hydrogen-bond acceptors (Lipinski definition) is 3. The van der Waals surface area contributed by atoms with Gasteiger partial charge in [-0.2, -0.15) is 14.8 Å². The van der Waals surface area contributed by atoms with Crippen LogP contribution in [0.4, 0.5) is 4.79 Å². The summed E-state index contributed by atoms with van der Waals surface area (Å²) < 4.78 is 0. The second-order valence-electron chi connectivity index (χ2n) is 2.69. The average Bonchev–Trinajstić information content (AvgIpc) is 2.03. The van der Waals surface area contributed by atoms with E-state index < -0.39 is 6.16 Å². The Balaban J connectivity index is 2.09. The van der Waals surface area contributed by atoms with Crippen LogP contribution < -0.4 is 0 Å². The molecule has 0 aliphatic heterocycles. The summed E-state index contributed by atoms with van der Waals surface area (Å²) in [6, 6.07) is 0. The van der Waals surface area contributed by atoms with Crippen molar-refractivity contribution in [2.24, 2.45) is 0 Å². The molecule has 63 valence electrons. The summed E-state index contributed by atoms with van der Waals surface area (Å²) in [5, 5.41) is 9.78. The van der Waals surface area contributed by atoms with Crippen molar-refractivity contribution in [2.75, 3.05) is 0 Å². The number of carbonyl (C=O) groups excluding carboxylic acids is 1. The van der Waals surface area contributed by atoms with Crippen LogP contribution in [0.25, 0.3) is 0 Å². The van der Waals surface area contributed by atoms with Crippen LogP contribution in [0.15, 0.2) is 0 Å². The van der Waals surface area contributed by atoms with Crippen LogP contribution in [0, 0.1) is 0 Å². The fourth-order valence-corrected chi connectivity index (χ4v) is 1.27. The van der Waals surface area contributed by atoms with Gasteiger partial charge in [-0.1, -0.05) is 19.3 Å². The van der Waals surface area contributed by atoms with Crippen molar-refractivity contribution in [3.63, 3.8) is 0 Å². The Hall–Kier alpha value is -0.770. The number of carbonyl (C=O) groups is 1. The van der Waals surface area contributed by atoms with E-state index in [4.69, 9.17) is 0 Å². The molecule has 0 amide bonds. The van der Waals surface area contributed by atoms with Crippen LogP contribution in [0.3, 0.4) is 0 Å². The van der Waals surface area contributed by atoms with E-state index in [1.807, 2.05) is 0 Å². The first-order chi connectivity index (χ1) is 5.29. The predicted octanol–water partition coefficient (Wildman–Crippen LogP) is 1.82. The van der Waals surface area contributed by atoms with Gasteiger partial charge in [0.1, 0.15) is 6.10 Å². The van der Waals surface area contributed by atoms with E-state index >= 15 is 0 Å². The third-order valence-corrected chi connectivity index (χ3v) is 1.80. The molecule has 4 heteroatoms. The summed E-state index contributed by atoms with van der Waals surface area (Å²) in [6.07, 6.45) is 3.46. The molecule has 0 N–H and O–H groups in total. The van der Waals surface area contributed by atoms with E-state index in [0.717, 1.165) is 25.7 Å². The van der Waals surface area contributed by atoms with Gasteiger partial charge in [-0.3, -0.25) is 4.89 Å². The van der Waals surface area contributed by atoms with Crippen molar-refractivity contribution in [2.45, 2.75) is 38.2 Å². The second kappa shape index (κ2) is 4.18. The van der Waals surface area contributed by atoms with Gasteiger partial charge in [-0.25, -0.2) is 0 Å². The van der Waals surface area contributed by atoms with Gasteiger partial charge < -0.3 is 0 Å². The Labute approximate surface area is 65.0 Å². The molecule has 0 unspecified atom stereocenters. The van der Waals surface area contributed by atoms with Crippen LogP contribution in [0.1, 0.15) is 32.1 Å². The van der Waals surface area contributed by atoms with E-state index in [2.05, 4.69) is 9.78 Å². The van der Waals surface area contributed by atoms with E-state index in [9.17, 15) is 9.90 Å². The summed E-state index contributed by atoms with van der Waals surface area (Å²) in [4.78, 5) is 18.3. The Morgan fingerprint density at radius 3 is 2.36 bits per heavy atom. The first-order valence-electron chi connectivity index (χ1n) is 3.83. The van der Waals surface area contributed by atoms with Crippen LogP contribution in [0.5, 0.6) is 0 Å². The summed E-state index contributed by atoms with van der Waals surface area (Å²) >= 11 is 0. The molecule has 1 aliphatic rings. The van der Waals surface area contributed by atoms with Gasteiger partial charge in [0.2, 0.25) is 0 Å². The molecule has 0 heterocycles. The Morgan fingerprint density at radius 1 is 1.18 bits per heavy atom. The molecule has 0 atom stereocenters. The molecule has 1 radical (unpaired) electrons. The van der Waals surface area contributed by atoms with Crippen LogP contribution in [-0.4, -0.2) is 12.3 Å². The Kier molecular flexibility index (Phi) is 3.16. The molecule has 0 aromatic carbocycles. The molecule has 1 aliphatic carbocycles. The molecule has 0 aromatic rings. The second-order valence-corrected chi connectivity index (χ2v) is 2.69.